The highest BCUT2D eigenvalue weighted by Gasteiger charge is 2.18. The topological polar surface area (TPSA) is 93.6 Å². The number of halogens is 1. The van der Waals surface area contributed by atoms with Gasteiger partial charge in [-0.2, -0.15) is 0 Å². The van der Waals surface area contributed by atoms with Crippen molar-refractivity contribution >= 4 is 39.9 Å². The number of hydrogen-bond acceptors (Lipinski definition) is 7. The zero-order valence-electron chi connectivity index (χ0n) is 21.9. The van der Waals surface area contributed by atoms with Gasteiger partial charge in [0.05, 0.1) is 14.2 Å². The summed E-state index contributed by atoms with van der Waals surface area (Å²) in [5.41, 5.74) is 3.54. The van der Waals surface area contributed by atoms with Gasteiger partial charge in [-0.3, -0.25) is 9.59 Å². The maximum absolute atomic E-state index is 13.3. The number of nitrogens with zero attached hydrogens (tertiary/aromatic N) is 3. The Morgan fingerprint density at radius 1 is 0.949 bits per heavy atom. The first kappa shape index (κ1) is 28.1. The van der Waals surface area contributed by atoms with Crippen molar-refractivity contribution in [2.75, 3.05) is 32.6 Å². The second-order valence-electron chi connectivity index (χ2n) is 8.82. The van der Waals surface area contributed by atoms with Crippen LogP contribution >= 0.6 is 22.9 Å². The molecule has 10 heteroatoms. The zero-order chi connectivity index (χ0) is 27.8. The molecule has 0 aliphatic rings. The summed E-state index contributed by atoms with van der Waals surface area (Å²) in [5.74, 6) is 0.820. The molecule has 0 aliphatic carbocycles. The highest BCUT2D eigenvalue weighted by Crippen LogP contribution is 2.28. The van der Waals surface area contributed by atoms with Crippen LogP contribution in [0.5, 0.6) is 11.5 Å². The number of methoxy groups -OCH3 is 2. The SMILES string of the molecule is COc1ccc(CCN(CCC(=O)Nc2nnc(-c3cccc(C)c3)s2)C(=O)c2ccc(Cl)cc2)cc1OC. The Kier molecular flexibility index (Phi) is 9.51. The summed E-state index contributed by atoms with van der Waals surface area (Å²) in [6.07, 6.45) is 0.669. The third kappa shape index (κ3) is 7.55. The summed E-state index contributed by atoms with van der Waals surface area (Å²) >= 11 is 7.32. The van der Waals surface area contributed by atoms with Crippen molar-refractivity contribution in [3.8, 4) is 22.1 Å². The number of aryl methyl sites for hydroxylation is 1. The number of amides is 2. The van der Waals surface area contributed by atoms with Crippen LogP contribution in [0, 0.1) is 6.92 Å². The average Bonchev–Trinajstić information content (AvgIpc) is 3.41. The largest absolute Gasteiger partial charge is 0.493 e. The van der Waals surface area contributed by atoms with E-state index in [2.05, 4.69) is 15.5 Å². The van der Waals surface area contributed by atoms with Crippen LogP contribution in [-0.2, 0) is 11.2 Å². The van der Waals surface area contributed by atoms with E-state index in [0.717, 1.165) is 21.7 Å². The standard InChI is InChI=1S/C29H29ClN4O4S/c1-19-5-4-6-22(17-19)27-32-33-29(39-27)31-26(35)14-16-34(28(36)21-8-10-23(30)11-9-21)15-13-20-7-12-24(37-2)25(18-20)38-3/h4-12,17-18H,13-16H2,1-3H3,(H,31,33,35). The van der Waals surface area contributed by atoms with E-state index in [1.165, 1.54) is 11.3 Å². The molecule has 0 fully saturated rings. The van der Waals surface area contributed by atoms with E-state index in [4.69, 9.17) is 21.1 Å². The molecule has 2 amide bonds. The lowest BCUT2D eigenvalue weighted by molar-refractivity contribution is -0.116. The van der Waals surface area contributed by atoms with Crippen molar-refractivity contribution in [3.05, 3.63) is 88.4 Å². The van der Waals surface area contributed by atoms with Crippen molar-refractivity contribution in [1.82, 2.24) is 15.1 Å². The summed E-state index contributed by atoms with van der Waals surface area (Å²) in [5, 5.41) is 12.8. The Morgan fingerprint density at radius 3 is 2.44 bits per heavy atom. The van der Waals surface area contributed by atoms with E-state index in [0.29, 0.717) is 40.2 Å². The molecule has 1 aromatic heterocycles. The Hall–Kier alpha value is -3.95. The second kappa shape index (κ2) is 13.2. The lowest BCUT2D eigenvalue weighted by Gasteiger charge is -2.23. The van der Waals surface area contributed by atoms with E-state index in [1.807, 2.05) is 49.4 Å². The minimum Gasteiger partial charge on any atom is -0.493 e. The molecule has 0 radical (unpaired) electrons. The van der Waals surface area contributed by atoms with Gasteiger partial charge in [0.2, 0.25) is 11.0 Å². The van der Waals surface area contributed by atoms with E-state index in [-0.39, 0.29) is 24.8 Å². The summed E-state index contributed by atoms with van der Waals surface area (Å²) in [6.45, 7) is 2.64. The Balaban J connectivity index is 1.42. The number of nitrogens with one attached hydrogen (secondary N) is 1. The molecule has 39 heavy (non-hydrogen) atoms. The second-order valence-corrected chi connectivity index (χ2v) is 10.2. The van der Waals surface area contributed by atoms with Gasteiger partial charge in [-0.25, -0.2) is 0 Å². The molecule has 4 rings (SSSR count). The first-order valence-corrected chi connectivity index (χ1v) is 13.5. The molecule has 0 saturated carbocycles. The molecule has 3 aromatic carbocycles. The average molecular weight is 565 g/mol. The lowest BCUT2D eigenvalue weighted by atomic mass is 10.1. The predicted molar refractivity (Wildman–Crippen MR) is 154 cm³/mol. The van der Waals surface area contributed by atoms with Crippen molar-refractivity contribution < 1.29 is 19.1 Å². The summed E-state index contributed by atoms with van der Waals surface area (Å²) in [4.78, 5) is 27.8. The fraction of sp³-hybridized carbons (Fsp3) is 0.241. The van der Waals surface area contributed by atoms with Gasteiger partial charge in [-0.1, -0.05) is 52.8 Å². The van der Waals surface area contributed by atoms with Crippen LogP contribution in [0.2, 0.25) is 5.02 Å². The van der Waals surface area contributed by atoms with Gasteiger partial charge in [-0.05, 0) is 61.4 Å². The number of anilines is 1. The maximum Gasteiger partial charge on any atom is 0.253 e. The quantitative estimate of drug-likeness (QED) is 0.244. The predicted octanol–water partition coefficient (Wildman–Crippen LogP) is 5.90. The van der Waals surface area contributed by atoms with Crippen molar-refractivity contribution in [2.24, 2.45) is 0 Å². The third-order valence-corrected chi connectivity index (χ3v) is 7.18. The van der Waals surface area contributed by atoms with Crippen LogP contribution < -0.4 is 14.8 Å². The number of ether oxygens (including phenoxy) is 2. The van der Waals surface area contributed by atoms with Gasteiger partial charge in [0.25, 0.3) is 5.91 Å². The number of benzene rings is 3. The molecule has 1 N–H and O–H groups in total. The normalized spacial score (nSPS) is 10.7. The fourth-order valence-corrected chi connectivity index (χ4v) is 4.86. The maximum atomic E-state index is 13.3. The highest BCUT2D eigenvalue weighted by molar-refractivity contribution is 7.18. The van der Waals surface area contributed by atoms with Gasteiger partial charge in [0, 0.05) is 35.7 Å². The molecule has 0 saturated heterocycles. The van der Waals surface area contributed by atoms with Crippen molar-refractivity contribution in [1.29, 1.82) is 0 Å². The van der Waals surface area contributed by atoms with Crippen LogP contribution in [0.1, 0.15) is 27.9 Å². The van der Waals surface area contributed by atoms with Gasteiger partial charge in [-0.15, -0.1) is 10.2 Å². The molecule has 202 valence electrons. The molecule has 0 spiro atoms. The molecular weight excluding hydrogens is 536 g/mol. The highest BCUT2D eigenvalue weighted by atomic mass is 35.5. The Bertz CT molecular complexity index is 1440. The molecule has 1 heterocycles. The number of rotatable bonds is 11. The smallest absolute Gasteiger partial charge is 0.253 e. The molecular formula is C29H29ClN4O4S. The Labute approximate surface area is 236 Å². The van der Waals surface area contributed by atoms with Crippen LogP contribution in [-0.4, -0.2) is 54.2 Å². The summed E-state index contributed by atoms with van der Waals surface area (Å²) in [6, 6.07) is 20.3. The van der Waals surface area contributed by atoms with Gasteiger partial charge in [0.1, 0.15) is 5.01 Å². The molecule has 0 bridgehead atoms. The minimum absolute atomic E-state index is 0.102. The van der Waals surface area contributed by atoms with Crippen LogP contribution in [0.25, 0.3) is 10.6 Å². The first-order chi connectivity index (χ1) is 18.9. The number of hydrogen-bond donors (Lipinski definition) is 1. The molecule has 8 nitrogen and oxygen atoms in total. The van der Waals surface area contributed by atoms with Crippen LogP contribution in [0.4, 0.5) is 5.13 Å². The van der Waals surface area contributed by atoms with E-state index < -0.39 is 0 Å². The summed E-state index contributed by atoms with van der Waals surface area (Å²) in [7, 11) is 3.17. The molecule has 4 aromatic rings. The van der Waals surface area contributed by atoms with E-state index in [9.17, 15) is 9.59 Å². The number of carbonyl (C=O) groups excluding carboxylic acids is 2. The summed E-state index contributed by atoms with van der Waals surface area (Å²) < 4.78 is 10.7. The van der Waals surface area contributed by atoms with E-state index >= 15 is 0 Å². The van der Waals surface area contributed by atoms with Crippen LogP contribution in [0.15, 0.2) is 66.7 Å². The van der Waals surface area contributed by atoms with Gasteiger partial charge in [0.15, 0.2) is 11.5 Å². The molecule has 0 aliphatic heterocycles. The third-order valence-electron chi connectivity index (χ3n) is 6.04. The number of aromatic nitrogens is 2. The fourth-order valence-electron chi connectivity index (χ4n) is 3.98. The van der Waals surface area contributed by atoms with Crippen molar-refractivity contribution in [2.45, 2.75) is 19.8 Å². The minimum atomic E-state index is -0.248. The monoisotopic (exact) mass is 564 g/mol. The Morgan fingerprint density at radius 2 is 1.72 bits per heavy atom. The van der Waals surface area contributed by atoms with E-state index in [1.54, 1.807) is 43.4 Å². The zero-order valence-corrected chi connectivity index (χ0v) is 23.5. The molecule has 0 atom stereocenters. The number of carbonyl (C=O) groups is 2. The first-order valence-electron chi connectivity index (χ1n) is 12.3. The van der Waals surface area contributed by atoms with Crippen molar-refractivity contribution in [3.63, 3.8) is 0 Å². The molecule has 0 unspecified atom stereocenters. The van der Waals surface area contributed by atoms with Gasteiger partial charge < -0.3 is 19.7 Å². The lowest BCUT2D eigenvalue weighted by Crippen LogP contribution is -2.35. The van der Waals surface area contributed by atoms with Crippen LogP contribution in [0.3, 0.4) is 0 Å². The van der Waals surface area contributed by atoms with Gasteiger partial charge >= 0.3 is 0 Å².